The monoisotopic (exact) mass is 362 g/mol. The number of ether oxygens (including phenoxy) is 1. The van der Waals surface area contributed by atoms with Gasteiger partial charge in [0.1, 0.15) is 17.6 Å². The highest BCUT2D eigenvalue weighted by Crippen LogP contribution is 2.25. The molecule has 1 amide bonds. The van der Waals surface area contributed by atoms with Crippen LogP contribution in [-0.4, -0.2) is 35.9 Å². The van der Waals surface area contributed by atoms with E-state index in [0.717, 1.165) is 30.0 Å². The third-order valence-electron chi connectivity index (χ3n) is 4.72. The maximum atomic E-state index is 12.3. The molecular weight excluding hydrogens is 340 g/mol. The van der Waals surface area contributed by atoms with Crippen molar-refractivity contribution >= 4 is 5.91 Å². The number of amides is 1. The molecule has 4 rings (SSSR count). The first-order valence-corrected chi connectivity index (χ1v) is 9.04. The summed E-state index contributed by atoms with van der Waals surface area (Å²) in [7, 11) is 1.64. The highest BCUT2D eigenvalue weighted by atomic mass is 16.5. The molecule has 1 aromatic heterocycles. The summed E-state index contributed by atoms with van der Waals surface area (Å²) in [6.07, 6.45) is 0.853. The molecule has 0 radical (unpaired) electrons. The number of nitrogens with zero attached hydrogens (tertiary/aromatic N) is 2. The summed E-state index contributed by atoms with van der Waals surface area (Å²) in [4.78, 5) is 12.3. The number of nitrogens with one attached hydrogen (secondary N) is 2. The molecule has 3 aromatic rings. The lowest BCUT2D eigenvalue weighted by molar-refractivity contribution is 0.0901. The van der Waals surface area contributed by atoms with E-state index in [2.05, 4.69) is 22.8 Å². The van der Waals surface area contributed by atoms with Gasteiger partial charge in [0.2, 0.25) is 0 Å². The molecule has 2 N–H and O–H groups in total. The minimum Gasteiger partial charge on any atom is -0.497 e. The van der Waals surface area contributed by atoms with E-state index in [1.807, 2.05) is 48.5 Å². The molecule has 2 heterocycles. The Morgan fingerprint density at radius 3 is 2.85 bits per heavy atom. The van der Waals surface area contributed by atoms with Crippen LogP contribution in [0.1, 0.15) is 22.2 Å². The molecule has 138 valence electrons. The second-order valence-electron chi connectivity index (χ2n) is 6.51. The van der Waals surface area contributed by atoms with Crippen LogP contribution in [0.3, 0.4) is 0 Å². The molecule has 6 nitrogen and oxygen atoms in total. The number of fused-ring (bicyclic) bond motifs is 1. The topological polar surface area (TPSA) is 68.2 Å². The van der Waals surface area contributed by atoms with Gasteiger partial charge in [-0.25, -0.2) is 4.68 Å². The smallest absolute Gasteiger partial charge is 0.269 e. The molecule has 2 aromatic carbocycles. The Hall–Kier alpha value is -3.12. The molecule has 0 fully saturated rings. The third-order valence-corrected chi connectivity index (χ3v) is 4.72. The van der Waals surface area contributed by atoms with Crippen molar-refractivity contribution in [3.8, 4) is 17.0 Å². The van der Waals surface area contributed by atoms with Crippen molar-refractivity contribution in [2.75, 3.05) is 20.2 Å². The fourth-order valence-corrected chi connectivity index (χ4v) is 3.28. The number of rotatable bonds is 6. The Morgan fingerprint density at radius 1 is 1.19 bits per heavy atom. The van der Waals surface area contributed by atoms with Crippen molar-refractivity contribution in [3.63, 3.8) is 0 Å². The van der Waals surface area contributed by atoms with E-state index in [9.17, 15) is 4.79 Å². The number of hydrogen-bond donors (Lipinski definition) is 2. The molecule has 1 atom stereocenters. The van der Waals surface area contributed by atoms with Crippen LogP contribution in [-0.2, 0) is 6.42 Å². The lowest BCUT2D eigenvalue weighted by atomic mass is 10.1. The fraction of sp³-hybridized carbons (Fsp3) is 0.238. The highest BCUT2D eigenvalue weighted by Gasteiger charge is 2.27. The summed E-state index contributed by atoms with van der Waals surface area (Å²) in [6, 6.07) is 19.9. The molecule has 0 unspecified atom stereocenters. The van der Waals surface area contributed by atoms with Gasteiger partial charge < -0.3 is 10.1 Å². The normalized spacial score (nSPS) is 15.9. The average Bonchev–Trinajstić information content (AvgIpc) is 3.17. The molecule has 1 aliphatic heterocycles. The minimum atomic E-state index is -0.0993. The molecule has 0 saturated carbocycles. The Kier molecular flexibility index (Phi) is 4.89. The second kappa shape index (κ2) is 7.63. The summed E-state index contributed by atoms with van der Waals surface area (Å²) < 4.78 is 7.08. The van der Waals surface area contributed by atoms with E-state index in [1.54, 1.807) is 11.8 Å². The zero-order valence-electron chi connectivity index (χ0n) is 15.2. The SMILES string of the molecule is COc1cccc(-c2cc3n(n2)[C@H](NCCc2ccccc2)CNC3=O)c1. The van der Waals surface area contributed by atoms with Crippen LogP contribution >= 0.6 is 0 Å². The zero-order chi connectivity index (χ0) is 18.6. The highest BCUT2D eigenvalue weighted by molar-refractivity contribution is 5.94. The molecule has 0 bridgehead atoms. The van der Waals surface area contributed by atoms with Crippen LogP contribution in [0, 0.1) is 0 Å². The van der Waals surface area contributed by atoms with Gasteiger partial charge in [0.15, 0.2) is 0 Å². The summed E-state index contributed by atoms with van der Waals surface area (Å²) in [5.41, 5.74) is 3.53. The first kappa shape index (κ1) is 17.3. The van der Waals surface area contributed by atoms with Crippen LogP contribution in [0.4, 0.5) is 0 Å². The fourth-order valence-electron chi connectivity index (χ4n) is 3.28. The lowest BCUT2D eigenvalue weighted by Gasteiger charge is -2.25. The van der Waals surface area contributed by atoms with Gasteiger partial charge in [-0.15, -0.1) is 0 Å². The standard InChI is InChI=1S/C21H22N4O2/c1-27-17-9-5-8-16(12-17)18-13-19-21(26)23-14-20(25(19)24-18)22-11-10-15-6-3-2-4-7-15/h2-9,12-13,20,22H,10-11,14H2,1H3,(H,23,26)/t20-/m0/s1. The van der Waals surface area contributed by atoms with Gasteiger partial charge in [-0.2, -0.15) is 5.10 Å². The number of carbonyl (C=O) groups is 1. The van der Waals surface area contributed by atoms with Crippen molar-refractivity contribution in [1.29, 1.82) is 0 Å². The number of hydrogen-bond acceptors (Lipinski definition) is 4. The van der Waals surface area contributed by atoms with Crippen LogP contribution in [0.2, 0.25) is 0 Å². The minimum absolute atomic E-state index is 0.0687. The van der Waals surface area contributed by atoms with E-state index in [0.29, 0.717) is 12.2 Å². The number of aromatic nitrogens is 2. The lowest BCUT2D eigenvalue weighted by Crippen LogP contribution is -2.45. The maximum Gasteiger partial charge on any atom is 0.269 e. The van der Waals surface area contributed by atoms with Gasteiger partial charge in [-0.1, -0.05) is 42.5 Å². The average molecular weight is 362 g/mol. The van der Waals surface area contributed by atoms with Crippen molar-refractivity contribution in [1.82, 2.24) is 20.4 Å². The molecule has 0 spiro atoms. The van der Waals surface area contributed by atoms with Crippen molar-refractivity contribution < 1.29 is 9.53 Å². The van der Waals surface area contributed by atoms with Gasteiger partial charge in [-0.3, -0.25) is 10.1 Å². The van der Waals surface area contributed by atoms with Crippen molar-refractivity contribution in [3.05, 3.63) is 71.9 Å². The molecule has 0 saturated heterocycles. The van der Waals surface area contributed by atoms with E-state index in [-0.39, 0.29) is 12.1 Å². The van der Waals surface area contributed by atoms with E-state index < -0.39 is 0 Å². The first-order chi connectivity index (χ1) is 13.2. The quantitative estimate of drug-likeness (QED) is 0.707. The van der Waals surface area contributed by atoms with Crippen LogP contribution in [0.15, 0.2) is 60.7 Å². The van der Waals surface area contributed by atoms with Crippen LogP contribution < -0.4 is 15.4 Å². The molecule has 27 heavy (non-hydrogen) atoms. The Morgan fingerprint density at radius 2 is 2.04 bits per heavy atom. The largest absolute Gasteiger partial charge is 0.497 e. The van der Waals surface area contributed by atoms with E-state index in [4.69, 9.17) is 9.84 Å². The molecule has 1 aliphatic rings. The summed E-state index contributed by atoms with van der Waals surface area (Å²) in [5.74, 6) is 0.665. The van der Waals surface area contributed by atoms with E-state index >= 15 is 0 Å². The Bertz CT molecular complexity index is 936. The zero-order valence-corrected chi connectivity index (χ0v) is 15.2. The van der Waals surface area contributed by atoms with Gasteiger partial charge in [0.05, 0.1) is 19.3 Å². The summed E-state index contributed by atoms with van der Waals surface area (Å²) in [5, 5.41) is 11.1. The van der Waals surface area contributed by atoms with Gasteiger partial charge in [-0.05, 0) is 30.2 Å². The number of carbonyl (C=O) groups excluding carboxylic acids is 1. The molecular formula is C21H22N4O2. The second-order valence-corrected chi connectivity index (χ2v) is 6.51. The van der Waals surface area contributed by atoms with Gasteiger partial charge in [0, 0.05) is 12.1 Å². The third kappa shape index (κ3) is 3.71. The van der Waals surface area contributed by atoms with Crippen LogP contribution in [0.5, 0.6) is 5.75 Å². The predicted molar refractivity (Wildman–Crippen MR) is 104 cm³/mol. The molecule has 6 heteroatoms. The predicted octanol–water partition coefficient (Wildman–Crippen LogP) is 2.63. The Balaban J connectivity index is 1.53. The summed E-state index contributed by atoms with van der Waals surface area (Å²) in [6.45, 7) is 1.32. The summed E-state index contributed by atoms with van der Waals surface area (Å²) >= 11 is 0. The van der Waals surface area contributed by atoms with Crippen molar-refractivity contribution in [2.24, 2.45) is 0 Å². The van der Waals surface area contributed by atoms with Crippen LogP contribution in [0.25, 0.3) is 11.3 Å². The Labute approximate surface area is 158 Å². The first-order valence-electron chi connectivity index (χ1n) is 9.04. The van der Waals surface area contributed by atoms with E-state index in [1.165, 1.54) is 5.56 Å². The molecule has 0 aliphatic carbocycles. The number of methoxy groups -OCH3 is 1. The van der Waals surface area contributed by atoms with Gasteiger partial charge in [0.25, 0.3) is 5.91 Å². The van der Waals surface area contributed by atoms with Gasteiger partial charge >= 0.3 is 0 Å². The number of benzene rings is 2. The maximum absolute atomic E-state index is 12.3. The van der Waals surface area contributed by atoms with Crippen molar-refractivity contribution in [2.45, 2.75) is 12.6 Å².